The minimum Gasteiger partial charge on any atom is -0.481 e. The minimum absolute atomic E-state index is 0.0686. The van der Waals surface area contributed by atoms with Gasteiger partial charge >= 0.3 is 5.97 Å². The van der Waals surface area contributed by atoms with E-state index in [2.05, 4.69) is 5.32 Å². The van der Waals surface area contributed by atoms with Crippen molar-refractivity contribution >= 4 is 17.8 Å². The summed E-state index contributed by atoms with van der Waals surface area (Å²) in [5, 5.41) is 12.0. The first-order chi connectivity index (χ1) is 8.98. The molecular formula is C13H20N2O4. The molecule has 0 radical (unpaired) electrons. The van der Waals surface area contributed by atoms with Crippen LogP contribution in [0.25, 0.3) is 0 Å². The molecule has 2 aliphatic heterocycles. The van der Waals surface area contributed by atoms with Gasteiger partial charge in [-0.2, -0.15) is 0 Å². The molecule has 2 N–H and O–H groups in total. The molecule has 6 heteroatoms. The number of hydrogen-bond acceptors (Lipinski definition) is 3. The second-order valence-electron chi connectivity index (χ2n) is 5.42. The van der Waals surface area contributed by atoms with Gasteiger partial charge in [0.1, 0.15) is 6.04 Å². The molecule has 0 aromatic heterocycles. The van der Waals surface area contributed by atoms with Crippen LogP contribution in [0.2, 0.25) is 0 Å². The monoisotopic (exact) mass is 268 g/mol. The molecule has 106 valence electrons. The van der Waals surface area contributed by atoms with Crippen LogP contribution in [0.15, 0.2) is 0 Å². The van der Waals surface area contributed by atoms with Crippen LogP contribution in [0.4, 0.5) is 0 Å². The molecule has 2 aliphatic rings. The molecule has 0 aliphatic carbocycles. The van der Waals surface area contributed by atoms with Crippen LogP contribution in [0.3, 0.4) is 0 Å². The SMILES string of the molecule is CCC1(C(=O)O)CCN(C(=O)[C@@H]2CCC(=O)N2)CC1. The van der Waals surface area contributed by atoms with E-state index in [1.807, 2.05) is 6.92 Å². The molecule has 2 amide bonds. The largest absolute Gasteiger partial charge is 0.481 e. The number of piperidine rings is 1. The van der Waals surface area contributed by atoms with Crippen LogP contribution in [0.1, 0.15) is 39.0 Å². The molecule has 6 nitrogen and oxygen atoms in total. The van der Waals surface area contributed by atoms with Crippen molar-refractivity contribution in [2.45, 2.75) is 45.1 Å². The summed E-state index contributed by atoms with van der Waals surface area (Å²) < 4.78 is 0. The van der Waals surface area contributed by atoms with Gasteiger partial charge in [0.2, 0.25) is 11.8 Å². The Kier molecular flexibility index (Phi) is 3.78. The molecule has 0 aromatic rings. The number of rotatable bonds is 3. The Morgan fingerprint density at radius 1 is 1.42 bits per heavy atom. The van der Waals surface area contributed by atoms with Crippen LogP contribution >= 0.6 is 0 Å². The van der Waals surface area contributed by atoms with E-state index in [1.165, 1.54) is 0 Å². The number of aliphatic carboxylic acids is 1. The number of hydrogen-bond donors (Lipinski definition) is 2. The highest BCUT2D eigenvalue weighted by molar-refractivity contribution is 5.91. The van der Waals surface area contributed by atoms with Crippen LogP contribution in [0.5, 0.6) is 0 Å². The number of nitrogens with zero attached hydrogens (tertiary/aromatic N) is 1. The number of likely N-dealkylation sites (tertiary alicyclic amines) is 1. The first kappa shape index (κ1) is 13.8. The van der Waals surface area contributed by atoms with Crippen LogP contribution in [-0.4, -0.2) is 46.9 Å². The van der Waals surface area contributed by atoms with Gasteiger partial charge in [0.05, 0.1) is 5.41 Å². The zero-order chi connectivity index (χ0) is 14.0. The molecule has 2 heterocycles. The predicted octanol–water partition coefficient (Wildman–Crippen LogP) is 0.368. The molecule has 0 spiro atoms. The maximum atomic E-state index is 12.2. The molecule has 2 saturated heterocycles. The lowest BCUT2D eigenvalue weighted by molar-refractivity contribution is -0.155. The lowest BCUT2D eigenvalue weighted by atomic mass is 9.76. The average molecular weight is 268 g/mol. The topological polar surface area (TPSA) is 86.7 Å². The van der Waals surface area contributed by atoms with E-state index in [0.29, 0.717) is 45.2 Å². The summed E-state index contributed by atoms with van der Waals surface area (Å²) in [5.41, 5.74) is -0.685. The van der Waals surface area contributed by atoms with Gasteiger partial charge in [-0.15, -0.1) is 0 Å². The number of nitrogens with one attached hydrogen (secondary N) is 1. The lowest BCUT2D eigenvalue weighted by Crippen LogP contribution is -2.51. The van der Waals surface area contributed by atoms with Gasteiger partial charge in [-0.3, -0.25) is 14.4 Å². The zero-order valence-electron chi connectivity index (χ0n) is 11.1. The molecule has 2 rings (SSSR count). The Balaban J connectivity index is 1.94. The van der Waals surface area contributed by atoms with Crippen molar-refractivity contribution in [3.63, 3.8) is 0 Å². The quantitative estimate of drug-likeness (QED) is 0.774. The van der Waals surface area contributed by atoms with Crippen molar-refractivity contribution in [1.82, 2.24) is 10.2 Å². The number of carboxylic acids is 1. The van der Waals surface area contributed by atoms with Crippen molar-refractivity contribution in [2.75, 3.05) is 13.1 Å². The van der Waals surface area contributed by atoms with E-state index in [0.717, 1.165) is 0 Å². The molecule has 0 saturated carbocycles. The van der Waals surface area contributed by atoms with Gasteiger partial charge in [-0.1, -0.05) is 6.92 Å². The fourth-order valence-electron chi connectivity index (χ4n) is 2.89. The summed E-state index contributed by atoms with van der Waals surface area (Å²) in [6.07, 6.45) is 2.52. The lowest BCUT2D eigenvalue weighted by Gasteiger charge is -2.39. The summed E-state index contributed by atoms with van der Waals surface area (Å²) in [6, 6.07) is -0.411. The summed E-state index contributed by atoms with van der Waals surface area (Å²) >= 11 is 0. The van der Waals surface area contributed by atoms with Gasteiger partial charge in [0, 0.05) is 19.5 Å². The molecule has 0 bridgehead atoms. The van der Waals surface area contributed by atoms with Gasteiger partial charge in [-0.05, 0) is 25.7 Å². The predicted molar refractivity (Wildman–Crippen MR) is 67.3 cm³/mol. The van der Waals surface area contributed by atoms with Crippen molar-refractivity contribution in [3.05, 3.63) is 0 Å². The third-order valence-electron chi connectivity index (χ3n) is 4.46. The second-order valence-corrected chi connectivity index (χ2v) is 5.42. The van der Waals surface area contributed by atoms with Crippen LogP contribution in [0, 0.1) is 5.41 Å². The minimum atomic E-state index is -0.767. The summed E-state index contributed by atoms with van der Waals surface area (Å²) in [5.74, 6) is -0.916. The average Bonchev–Trinajstić information content (AvgIpc) is 2.84. The highest BCUT2D eigenvalue weighted by Crippen LogP contribution is 2.35. The highest BCUT2D eigenvalue weighted by Gasteiger charge is 2.42. The van der Waals surface area contributed by atoms with Gasteiger partial charge < -0.3 is 15.3 Å². The Labute approximate surface area is 112 Å². The van der Waals surface area contributed by atoms with Crippen LogP contribution < -0.4 is 5.32 Å². The third kappa shape index (κ3) is 2.57. The van der Waals surface area contributed by atoms with Crippen molar-refractivity contribution in [2.24, 2.45) is 5.41 Å². The smallest absolute Gasteiger partial charge is 0.309 e. The number of amides is 2. The Morgan fingerprint density at radius 2 is 2.05 bits per heavy atom. The fraction of sp³-hybridized carbons (Fsp3) is 0.769. The Hall–Kier alpha value is -1.59. The Morgan fingerprint density at radius 3 is 2.47 bits per heavy atom. The standard InChI is InChI=1S/C13H20N2O4/c1-2-13(12(18)19)5-7-15(8-6-13)11(17)9-3-4-10(16)14-9/h9H,2-8H2,1H3,(H,14,16)(H,18,19)/t9-/m0/s1. The van der Waals surface area contributed by atoms with Crippen molar-refractivity contribution in [3.8, 4) is 0 Å². The first-order valence-electron chi connectivity index (χ1n) is 6.80. The van der Waals surface area contributed by atoms with E-state index in [9.17, 15) is 19.5 Å². The van der Waals surface area contributed by atoms with Gasteiger partial charge in [0.25, 0.3) is 0 Å². The third-order valence-corrected chi connectivity index (χ3v) is 4.46. The fourth-order valence-corrected chi connectivity index (χ4v) is 2.89. The highest BCUT2D eigenvalue weighted by atomic mass is 16.4. The summed E-state index contributed by atoms with van der Waals surface area (Å²) in [4.78, 5) is 36.3. The van der Waals surface area contributed by atoms with Gasteiger partial charge in [0.15, 0.2) is 0 Å². The molecule has 0 aromatic carbocycles. The van der Waals surface area contributed by atoms with E-state index in [4.69, 9.17) is 0 Å². The summed E-state index contributed by atoms with van der Waals surface area (Å²) in [6.45, 7) is 2.81. The van der Waals surface area contributed by atoms with Crippen LogP contribution in [-0.2, 0) is 14.4 Å². The second kappa shape index (κ2) is 5.19. The number of carboxylic acid groups (broad SMARTS) is 1. The van der Waals surface area contributed by atoms with Crippen molar-refractivity contribution in [1.29, 1.82) is 0 Å². The van der Waals surface area contributed by atoms with E-state index < -0.39 is 17.4 Å². The molecule has 1 atom stereocenters. The van der Waals surface area contributed by atoms with E-state index in [-0.39, 0.29) is 11.8 Å². The Bertz CT molecular complexity index is 399. The molecule has 2 fully saturated rings. The zero-order valence-corrected chi connectivity index (χ0v) is 11.1. The van der Waals surface area contributed by atoms with Gasteiger partial charge in [-0.25, -0.2) is 0 Å². The molecule has 19 heavy (non-hydrogen) atoms. The number of carbonyl (C=O) groups is 3. The summed E-state index contributed by atoms with van der Waals surface area (Å²) in [7, 11) is 0. The van der Waals surface area contributed by atoms with Crippen molar-refractivity contribution < 1.29 is 19.5 Å². The first-order valence-corrected chi connectivity index (χ1v) is 6.80. The maximum absolute atomic E-state index is 12.2. The number of carbonyl (C=O) groups excluding carboxylic acids is 2. The molecular weight excluding hydrogens is 248 g/mol. The molecule has 0 unspecified atom stereocenters. The normalized spacial score (nSPS) is 26.1. The van der Waals surface area contributed by atoms with E-state index >= 15 is 0 Å². The van der Waals surface area contributed by atoms with E-state index in [1.54, 1.807) is 4.90 Å². The maximum Gasteiger partial charge on any atom is 0.309 e.